The number of aromatic amines is 1. The van der Waals surface area contributed by atoms with Crippen LogP contribution in [0.3, 0.4) is 0 Å². The van der Waals surface area contributed by atoms with E-state index in [0.717, 1.165) is 10.3 Å². The minimum Gasteiger partial charge on any atom is -0.294 e. The van der Waals surface area contributed by atoms with Crippen LogP contribution < -0.4 is 0 Å². The first-order valence-corrected chi connectivity index (χ1v) is 9.19. The quantitative estimate of drug-likeness (QED) is 0.515. The van der Waals surface area contributed by atoms with Crippen LogP contribution in [-0.4, -0.2) is 55.4 Å². The largest absolute Gasteiger partial charge is 0.306 e. The first kappa shape index (κ1) is 19.6. The SMILES string of the molecule is [C-]#[N+][C@@H]1CC(F)(F)CN1C(=O)CCC(=O)c1ccncc1-c1ccnc2[nH]ncc12. The topological polar surface area (TPSA) is 96.2 Å². The minimum atomic E-state index is -3.08. The fraction of sp³-hybridized carbons (Fsp3) is 0.300. The van der Waals surface area contributed by atoms with Crippen LogP contribution in [0.15, 0.2) is 36.9 Å². The molecule has 1 saturated heterocycles. The molecule has 0 saturated carbocycles. The number of halogens is 2. The molecule has 0 spiro atoms. The van der Waals surface area contributed by atoms with Crippen molar-refractivity contribution >= 4 is 22.7 Å². The Kier molecular flexibility index (Phi) is 4.95. The van der Waals surface area contributed by atoms with Gasteiger partial charge in [0.1, 0.15) is 6.42 Å². The number of Topliss-reactive ketones (excluding diaryl/α,β-unsaturated/α-hetero) is 1. The van der Waals surface area contributed by atoms with E-state index in [-0.39, 0.29) is 18.6 Å². The molecule has 1 amide bonds. The molecule has 1 aliphatic rings. The van der Waals surface area contributed by atoms with E-state index in [9.17, 15) is 18.4 Å². The van der Waals surface area contributed by atoms with Crippen molar-refractivity contribution < 1.29 is 18.4 Å². The summed E-state index contributed by atoms with van der Waals surface area (Å²) in [5.41, 5.74) is 2.20. The smallest absolute Gasteiger partial charge is 0.294 e. The van der Waals surface area contributed by atoms with Crippen molar-refractivity contribution in [2.45, 2.75) is 31.4 Å². The highest BCUT2D eigenvalue weighted by atomic mass is 19.3. The summed E-state index contributed by atoms with van der Waals surface area (Å²) in [6.45, 7) is 6.25. The molecule has 0 unspecified atom stereocenters. The second kappa shape index (κ2) is 7.59. The second-order valence-corrected chi connectivity index (χ2v) is 7.03. The van der Waals surface area contributed by atoms with Crippen molar-refractivity contribution in [3.8, 4) is 11.1 Å². The van der Waals surface area contributed by atoms with Crippen LogP contribution in [0.2, 0.25) is 0 Å². The maximum atomic E-state index is 13.6. The average Bonchev–Trinajstić information content (AvgIpc) is 3.35. The fourth-order valence-electron chi connectivity index (χ4n) is 3.60. The van der Waals surface area contributed by atoms with Crippen molar-refractivity contribution in [3.05, 3.63) is 53.9 Å². The number of pyridine rings is 2. The van der Waals surface area contributed by atoms with Gasteiger partial charge in [0.25, 0.3) is 5.92 Å². The molecule has 1 atom stereocenters. The lowest BCUT2D eigenvalue weighted by molar-refractivity contribution is -0.132. The van der Waals surface area contributed by atoms with Gasteiger partial charge >= 0.3 is 6.17 Å². The summed E-state index contributed by atoms with van der Waals surface area (Å²) < 4.78 is 27.1. The summed E-state index contributed by atoms with van der Waals surface area (Å²) in [4.78, 5) is 37.5. The number of hydrogen-bond acceptors (Lipinski definition) is 5. The molecule has 1 aliphatic heterocycles. The lowest BCUT2D eigenvalue weighted by Gasteiger charge is -2.16. The van der Waals surface area contributed by atoms with Crippen LogP contribution in [-0.2, 0) is 4.79 Å². The Labute approximate surface area is 169 Å². The van der Waals surface area contributed by atoms with Crippen molar-refractivity contribution in [1.82, 2.24) is 25.1 Å². The van der Waals surface area contributed by atoms with Gasteiger partial charge in [-0.05, 0) is 17.7 Å². The summed E-state index contributed by atoms with van der Waals surface area (Å²) >= 11 is 0. The Morgan fingerprint density at radius 1 is 1.23 bits per heavy atom. The number of nitrogens with one attached hydrogen (secondary N) is 1. The van der Waals surface area contributed by atoms with Gasteiger partial charge in [-0.25, -0.2) is 20.3 Å². The highest BCUT2D eigenvalue weighted by molar-refractivity contribution is 6.06. The molecule has 0 aromatic carbocycles. The summed E-state index contributed by atoms with van der Waals surface area (Å²) in [5.74, 6) is -4.03. The summed E-state index contributed by atoms with van der Waals surface area (Å²) in [6, 6.07) is 3.30. The molecule has 3 aromatic heterocycles. The van der Waals surface area contributed by atoms with Gasteiger partial charge in [0.05, 0.1) is 12.7 Å². The average molecular weight is 410 g/mol. The number of ketones is 1. The normalized spacial score (nSPS) is 17.8. The molecule has 152 valence electrons. The van der Waals surface area contributed by atoms with Crippen LogP contribution in [0, 0.1) is 6.57 Å². The molecule has 0 radical (unpaired) electrons. The number of H-pyrrole nitrogens is 1. The van der Waals surface area contributed by atoms with E-state index in [0.29, 0.717) is 22.3 Å². The maximum absolute atomic E-state index is 13.6. The summed E-state index contributed by atoms with van der Waals surface area (Å²) in [6.07, 6.45) is 3.93. The maximum Gasteiger partial charge on any atom is 0.306 e. The number of fused-ring (bicyclic) bond motifs is 1. The van der Waals surface area contributed by atoms with Gasteiger partial charge in [-0.3, -0.25) is 29.4 Å². The van der Waals surface area contributed by atoms with Crippen molar-refractivity contribution in [2.24, 2.45) is 0 Å². The van der Waals surface area contributed by atoms with Gasteiger partial charge < -0.3 is 0 Å². The number of hydrogen-bond donors (Lipinski definition) is 1. The molecule has 4 rings (SSSR count). The number of amides is 1. The van der Waals surface area contributed by atoms with Crippen LogP contribution in [0.5, 0.6) is 0 Å². The number of nitrogens with zero attached hydrogens (tertiary/aromatic N) is 5. The second-order valence-electron chi connectivity index (χ2n) is 7.03. The highest BCUT2D eigenvalue weighted by Gasteiger charge is 2.50. The zero-order valence-electron chi connectivity index (χ0n) is 15.7. The first-order valence-electron chi connectivity index (χ1n) is 9.19. The molecular formula is C20H16F2N6O2. The van der Waals surface area contributed by atoms with Gasteiger partial charge in [0, 0.05) is 47.9 Å². The Hall–Kier alpha value is -3.74. The third kappa shape index (κ3) is 3.61. The third-order valence-electron chi connectivity index (χ3n) is 5.04. The highest BCUT2D eigenvalue weighted by Crippen LogP contribution is 2.33. The van der Waals surface area contributed by atoms with Crippen molar-refractivity contribution in [1.29, 1.82) is 0 Å². The molecule has 4 heterocycles. The van der Waals surface area contributed by atoms with Gasteiger partial charge in [-0.2, -0.15) is 5.10 Å². The predicted octanol–water partition coefficient (Wildman–Crippen LogP) is 3.10. The molecule has 30 heavy (non-hydrogen) atoms. The number of rotatable bonds is 5. The number of carbonyl (C=O) groups is 2. The Bertz CT molecular complexity index is 1170. The fourth-order valence-corrected chi connectivity index (χ4v) is 3.60. The van der Waals surface area contributed by atoms with Gasteiger partial charge in [-0.1, -0.05) is 0 Å². The zero-order chi connectivity index (χ0) is 21.3. The number of carbonyl (C=O) groups excluding carboxylic acids is 2. The van der Waals surface area contributed by atoms with E-state index in [1.54, 1.807) is 30.7 Å². The van der Waals surface area contributed by atoms with E-state index < -0.39 is 31.0 Å². The molecule has 3 aromatic rings. The number of alkyl halides is 2. The van der Waals surface area contributed by atoms with E-state index in [2.05, 4.69) is 25.0 Å². The van der Waals surface area contributed by atoms with Gasteiger partial charge in [0.2, 0.25) is 5.91 Å². The molecule has 0 aliphatic carbocycles. The molecule has 0 bridgehead atoms. The van der Waals surface area contributed by atoms with Crippen LogP contribution in [0.4, 0.5) is 8.78 Å². The zero-order valence-corrected chi connectivity index (χ0v) is 15.7. The van der Waals surface area contributed by atoms with Gasteiger partial charge in [0.15, 0.2) is 11.4 Å². The monoisotopic (exact) mass is 410 g/mol. The summed E-state index contributed by atoms with van der Waals surface area (Å²) in [5, 5.41) is 7.45. The number of likely N-dealkylation sites (tertiary alicyclic amines) is 1. The lowest BCUT2D eigenvalue weighted by Crippen LogP contribution is -2.35. The van der Waals surface area contributed by atoms with Crippen molar-refractivity contribution in [3.63, 3.8) is 0 Å². The van der Waals surface area contributed by atoms with Crippen LogP contribution in [0.25, 0.3) is 27.0 Å². The van der Waals surface area contributed by atoms with Crippen molar-refractivity contribution in [2.75, 3.05) is 6.54 Å². The molecule has 8 nitrogen and oxygen atoms in total. The van der Waals surface area contributed by atoms with E-state index >= 15 is 0 Å². The Morgan fingerprint density at radius 3 is 2.87 bits per heavy atom. The molecular weight excluding hydrogens is 394 g/mol. The first-order chi connectivity index (χ1) is 14.4. The predicted molar refractivity (Wildman–Crippen MR) is 102 cm³/mol. The van der Waals surface area contributed by atoms with E-state index in [4.69, 9.17) is 6.57 Å². The van der Waals surface area contributed by atoms with Crippen LogP contribution in [0.1, 0.15) is 29.6 Å². The van der Waals surface area contributed by atoms with Crippen LogP contribution >= 0.6 is 0 Å². The van der Waals surface area contributed by atoms with E-state index in [1.165, 1.54) is 6.20 Å². The minimum absolute atomic E-state index is 0.164. The molecule has 10 heteroatoms. The lowest BCUT2D eigenvalue weighted by atomic mass is 9.96. The molecule has 1 fully saturated rings. The molecule has 1 N–H and O–H groups in total. The third-order valence-corrected chi connectivity index (χ3v) is 5.04. The Morgan fingerprint density at radius 2 is 2.07 bits per heavy atom. The van der Waals surface area contributed by atoms with E-state index in [1.807, 2.05) is 0 Å². The number of aromatic nitrogens is 4. The standard InChI is InChI=1S/C20H16F2N6O2/c1-23-17-8-20(21,22)11-28(17)18(30)3-2-16(29)13-4-6-24-9-14(13)12-5-7-25-19-15(12)10-26-27-19/h4-7,9-10,17H,2-3,8,11H2,(H,25,26,27)/t17-/m0/s1. The van der Waals surface area contributed by atoms with Gasteiger partial charge in [-0.15, -0.1) is 0 Å². The summed E-state index contributed by atoms with van der Waals surface area (Å²) in [7, 11) is 0. The Balaban J connectivity index is 1.54.